The van der Waals surface area contributed by atoms with Crippen LogP contribution in [0.25, 0.3) is 5.00 Å². The van der Waals surface area contributed by atoms with Crippen LogP contribution in [0.1, 0.15) is 38.8 Å². The molecule has 0 N–H and O–H groups in total. The number of fused-ring (bicyclic) bond motifs is 4. The van der Waals surface area contributed by atoms with Gasteiger partial charge in [-0.3, -0.25) is 4.57 Å². The summed E-state index contributed by atoms with van der Waals surface area (Å²) in [5.74, 6) is 1.64. The number of nitrogens with zero attached hydrogens (tertiary/aromatic N) is 3. The molecular weight excluding hydrogens is 358 g/mol. The Labute approximate surface area is 161 Å². The van der Waals surface area contributed by atoms with Gasteiger partial charge >= 0.3 is 0 Å². The van der Waals surface area contributed by atoms with Crippen molar-refractivity contribution in [1.29, 1.82) is 0 Å². The minimum Gasteiger partial charge on any atom is -0.369 e. The zero-order valence-corrected chi connectivity index (χ0v) is 16.0. The van der Waals surface area contributed by atoms with E-state index >= 15 is 0 Å². The highest BCUT2D eigenvalue weighted by atomic mass is 32.1. The monoisotopic (exact) mass is 377 g/mol. The molecule has 1 aliphatic heterocycles. The van der Waals surface area contributed by atoms with Crippen LogP contribution in [-0.2, 0) is 34.6 Å². The Balaban J connectivity index is 1.82. The smallest absolute Gasteiger partial charge is 0.164 e. The van der Waals surface area contributed by atoms with Gasteiger partial charge in [0.2, 0.25) is 0 Å². The van der Waals surface area contributed by atoms with E-state index in [4.69, 9.17) is 4.74 Å². The van der Waals surface area contributed by atoms with Crippen LogP contribution in [0.15, 0.2) is 36.4 Å². The third kappa shape index (κ3) is 2.23. The second-order valence-corrected chi connectivity index (χ2v) is 8.26. The van der Waals surface area contributed by atoms with Crippen molar-refractivity contribution in [1.82, 2.24) is 14.8 Å². The molecule has 0 saturated carbocycles. The summed E-state index contributed by atoms with van der Waals surface area (Å²) in [6.45, 7) is 4.92. The van der Waals surface area contributed by atoms with Gasteiger partial charge in [0.1, 0.15) is 23.7 Å². The summed E-state index contributed by atoms with van der Waals surface area (Å²) in [6, 6.07) is 8.22. The molecule has 2 aromatic heterocycles. The van der Waals surface area contributed by atoms with Crippen molar-refractivity contribution in [2.24, 2.45) is 0 Å². The van der Waals surface area contributed by atoms with Crippen LogP contribution < -0.4 is 0 Å². The summed E-state index contributed by atoms with van der Waals surface area (Å²) in [7, 11) is 0. The Bertz CT molecular complexity index is 1100. The van der Waals surface area contributed by atoms with Gasteiger partial charge in [0, 0.05) is 10.4 Å². The van der Waals surface area contributed by atoms with Crippen LogP contribution in [0.2, 0.25) is 0 Å². The number of allylic oxidation sites excluding steroid dienone is 2. The Morgan fingerprint density at radius 1 is 1.22 bits per heavy atom. The number of hydrogen-bond donors (Lipinski definition) is 0. The molecular formula is C21H19N3O2S. The van der Waals surface area contributed by atoms with E-state index in [0.717, 1.165) is 50.9 Å². The van der Waals surface area contributed by atoms with Crippen molar-refractivity contribution >= 4 is 17.6 Å². The third-order valence-corrected chi connectivity index (χ3v) is 6.65. The summed E-state index contributed by atoms with van der Waals surface area (Å²) in [4.78, 5) is 13.7. The number of carbonyl (C=O) groups excluding carboxylic acids is 1. The van der Waals surface area contributed by atoms with Crippen LogP contribution in [0.4, 0.5) is 0 Å². The number of hydrogen-bond acceptors (Lipinski definition) is 5. The van der Waals surface area contributed by atoms with E-state index in [1.54, 1.807) is 11.3 Å². The van der Waals surface area contributed by atoms with Gasteiger partial charge < -0.3 is 9.53 Å². The Hall–Kier alpha value is -2.57. The molecule has 5 rings (SSSR count). The zero-order chi connectivity index (χ0) is 18.6. The molecule has 2 aliphatic rings. The molecule has 1 atom stereocenters. The molecule has 136 valence electrons. The number of benzene rings is 1. The lowest BCUT2D eigenvalue weighted by Crippen LogP contribution is -2.32. The molecule has 6 heteroatoms. The van der Waals surface area contributed by atoms with Gasteiger partial charge in [-0.25, -0.2) is 0 Å². The highest BCUT2D eigenvalue weighted by Gasteiger charge is 2.41. The number of rotatable bonds is 2. The molecule has 0 spiro atoms. The molecule has 5 nitrogen and oxygen atoms in total. The quantitative estimate of drug-likeness (QED) is 0.506. The maximum atomic E-state index is 12.6. The number of thiophene rings is 1. The van der Waals surface area contributed by atoms with Crippen molar-refractivity contribution < 1.29 is 9.53 Å². The summed E-state index contributed by atoms with van der Waals surface area (Å²) in [6.07, 6.45) is 6.10. The van der Waals surface area contributed by atoms with E-state index in [-0.39, 0.29) is 0 Å². The second kappa shape index (κ2) is 5.97. The van der Waals surface area contributed by atoms with E-state index < -0.39 is 5.41 Å². The molecule has 3 heterocycles. The fourth-order valence-corrected chi connectivity index (χ4v) is 5.68. The fourth-order valence-electron chi connectivity index (χ4n) is 4.38. The van der Waals surface area contributed by atoms with Gasteiger partial charge in [-0.1, -0.05) is 36.4 Å². The summed E-state index contributed by atoms with van der Waals surface area (Å²) >= 11 is 1.68. The lowest BCUT2D eigenvalue weighted by molar-refractivity contribution is -0.110. The van der Waals surface area contributed by atoms with E-state index in [0.29, 0.717) is 13.2 Å². The van der Waals surface area contributed by atoms with Crippen molar-refractivity contribution in [3.63, 3.8) is 0 Å². The lowest BCUT2D eigenvalue weighted by Gasteiger charge is -2.32. The van der Waals surface area contributed by atoms with Crippen molar-refractivity contribution in [2.45, 2.75) is 38.9 Å². The molecule has 1 aliphatic carbocycles. The Morgan fingerprint density at radius 2 is 2.07 bits per heavy atom. The van der Waals surface area contributed by atoms with E-state index in [9.17, 15) is 4.79 Å². The molecule has 0 saturated heterocycles. The summed E-state index contributed by atoms with van der Waals surface area (Å²) < 4.78 is 8.00. The molecule has 0 bridgehead atoms. The van der Waals surface area contributed by atoms with Gasteiger partial charge in [-0.15, -0.1) is 21.5 Å². The Morgan fingerprint density at radius 3 is 2.93 bits per heavy atom. The van der Waals surface area contributed by atoms with Gasteiger partial charge in [-0.2, -0.15) is 0 Å². The van der Waals surface area contributed by atoms with E-state index in [2.05, 4.69) is 46.0 Å². The number of carbonyl (C=O) groups is 1. The van der Waals surface area contributed by atoms with Crippen LogP contribution in [-0.4, -0.2) is 21.1 Å². The molecule has 3 aromatic rings. The second-order valence-electron chi connectivity index (χ2n) is 7.06. The fraction of sp³-hybridized carbons (Fsp3) is 0.286. The third-order valence-electron chi connectivity index (χ3n) is 5.52. The number of aromatic nitrogens is 3. The Kier molecular flexibility index (Phi) is 3.67. The first-order valence-corrected chi connectivity index (χ1v) is 9.81. The predicted octanol–water partition coefficient (Wildman–Crippen LogP) is 3.57. The molecule has 0 radical (unpaired) electrons. The topological polar surface area (TPSA) is 57.0 Å². The normalized spacial score (nSPS) is 20.5. The summed E-state index contributed by atoms with van der Waals surface area (Å²) in [5.41, 5.74) is 3.59. The largest absolute Gasteiger partial charge is 0.369 e. The molecule has 0 amide bonds. The maximum Gasteiger partial charge on any atom is 0.164 e. The van der Waals surface area contributed by atoms with Crippen LogP contribution in [0.3, 0.4) is 0 Å². The van der Waals surface area contributed by atoms with Crippen molar-refractivity contribution in [3.05, 3.63) is 75.2 Å². The average molecular weight is 377 g/mol. The molecule has 1 unspecified atom stereocenters. The standard InChI is InChI=1S/C21H19N3O2S/c1-13-19(21(12-25)9-5-7-15-6-3-4-8-17(15)21)16-10-26-11-18-23-22-14(2)24(18)20(16)27-13/h3-6,8-9,12H,7,10-11H2,1-2H3. The van der Waals surface area contributed by atoms with Gasteiger partial charge in [0.15, 0.2) is 5.82 Å². The molecule has 1 aromatic carbocycles. The van der Waals surface area contributed by atoms with E-state index in [1.807, 2.05) is 19.1 Å². The van der Waals surface area contributed by atoms with Crippen molar-refractivity contribution in [2.75, 3.05) is 0 Å². The average Bonchev–Trinajstić information content (AvgIpc) is 3.15. The number of ether oxygens (including phenoxy) is 1. The predicted molar refractivity (Wildman–Crippen MR) is 103 cm³/mol. The van der Waals surface area contributed by atoms with Crippen LogP contribution >= 0.6 is 11.3 Å². The zero-order valence-electron chi connectivity index (χ0n) is 15.2. The number of aldehydes is 1. The van der Waals surface area contributed by atoms with Gasteiger partial charge in [0.05, 0.1) is 12.0 Å². The van der Waals surface area contributed by atoms with Crippen LogP contribution in [0, 0.1) is 13.8 Å². The minimum atomic E-state index is -0.779. The first-order valence-electron chi connectivity index (χ1n) is 9.00. The highest BCUT2D eigenvalue weighted by Crippen LogP contribution is 2.46. The highest BCUT2D eigenvalue weighted by molar-refractivity contribution is 7.14. The van der Waals surface area contributed by atoms with Gasteiger partial charge in [0.25, 0.3) is 0 Å². The molecule has 0 fully saturated rings. The van der Waals surface area contributed by atoms with E-state index in [1.165, 1.54) is 5.56 Å². The first-order chi connectivity index (χ1) is 13.2. The first kappa shape index (κ1) is 16.6. The minimum absolute atomic E-state index is 0.418. The maximum absolute atomic E-state index is 12.6. The van der Waals surface area contributed by atoms with Crippen LogP contribution in [0.5, 0.6) is 0 Å². The van der Waals surface area contributed by atoms with Gasteiger partial charge in [-0.05, 0) is 37.0 Å². The van der Waals surface area contributed by atoms with Crippen molar-refractivity contribution in [3.8, 4) is 5.00 Å². The molecule has 27 heavy (non-hydrogen) atoms. The SMILES string of the molecule is Cc1sc2c(c1C1(C=O)C=CCc3ccccc31)COCc1nnc(C)n1-2. The summed E-state index contributed by atoms with van der Waals surface area (Å²) in [5, 5.41) is 9.54. The number of aryl methyl sites for hydroxylation is 2. The lowest BCUT2D eigenvalue weighted by atomic mass is 9.69.